The van der Waals surface area contributed by atoms with Crippen LogP contribution in [-0.4, -0.2) is 9.59 Å². The standard InChI is InChI=1S/C14H19N3S/c1-14(2,3)13-12(18-17-16-13)11(15)9-10-7-5-4-6-8-10/h4-8,11H,9,15H2,1-3H3. The molecule has 0 saturated heterocycles. The molecule has 1 aromatic heterocycles. The van der Waals surface area contributed by atoms with E-state index in [1.165, 1.54) is 17.1 Å². The molecule has 1 atom stereocenters. The lowest BCUT2D eigenvalue weighted by atomic mass is 9.89. The average Bonchev–Trinajstić information content (AvgIpc) is 2.79. The van der Waals surface area contributed by atoms with Crippen LogP contribution in [0.3, 0.4) is 0 Å². The van der Waals surface area contributed by atoms with Gasteiger partial charge in [0.1, 0.15) is 0 Å². The van der Waals surface area contributed by atoms with Gasteiger partial charge in [0.15, 0.2) is 0 Å². The van der Waals surface area contributed by atoms with Gasteiger partial charge < -0.3 is 5.73 Å². The number of nitrogens with zero attached hydrogens (tertiary/aromatic N) is 2. The summed E-state index contributed by atoms with van der Waals surface area (Å²) >= 11 is 1.42. The average molecular weight is 261 g/mol. The topological polar surface area (TPSA) is 51.8 Å². The first-order valence-electron chi connectivity index (χ1n) is 6.10. The molecule has 1 heterocycles. The van der Waals surface area contributed by atoms with E-state index in [-0.39, 0.29) is 11.5 Å². The smallest absolute Gasteiger partial charge is 0.0857 e. The Morgan fingerprint density at radius 1 is 1.22 bits per heavy atom. The highest BCUT2D eigenvalue weighted by atomic mass is 32.1. The Morgan fingerprint density at radius 3 is 2.50 bits per heavy atom. The summed E-state index contributed by atoms with van der Waals surface area (Å²) in [6.45, 7) is 6.42. The lowest BCUT2D eigenvalue weighted by Gasteiger charge is -2.19. The zero-order chi connectivity index (χ0) is 13.2. The number of aromatic nitrogens is 2. The number of benzene rings is 1. The molecule has 96 valence electrons. The van der Waals surface area contributed by atoms with Crippen LogP contribution in [0.15, 0.2) is 30.3 Å². The van der Waals surface area contributed by atoms with Crippen LogP contribution in [0.25, 0.3) is 0 Å². The second-order valence-corrected chi connectivity index (χ2v) is 6.32. The van der Waals surface area contributed by atoms with Gasteiger partial charge in [0.2, 0.25) is 0 Å². The van der Waals surface area contributed by atoms with Crippen molar-refractivity contribution in [3.8, 4) is 0 Å². The van der Waals surface area contributed by atoms with E-state index >= 15 is 0 Å². The van der Waals surface area contributed by atoms with E-state index in [0.29, 0.717) is 0 Å². The first-order chi connectivity index (χ1) is 8.48. The van der Waals surface area contributed by atoms with Crippen molar-refractivity contribution < 1.29 is 0 Å². The number of hydrogen-bond acceptors (Lipinski definition) is 4. The molecule has 0 fully saturated rings. The van der Waals surface area contributed by atoms with Crippen molar-refractivity contribution in [2.75, 3.05) is 0 Å². The first kappa shape index (κ1) is 13.2. The van der Waals surface area contributed by atoms with E-state index in [2.05, 4.69) is 42.5 Å². The van der Waals surface area contributed by atoms with Crippen molar-refractivity contribution in [2.45, 2.75) is 38.6 Å². The van der Waals surface area contributed by atoms with Crippen molar-refractivity contribution in [3.05, 3.63) is 46.5 Å². The van der Waals surface area contributed by atoms with E-state index < -0.39 is 0 Å². The van der Waals surface area contributed by atoms with Gasteiger partial charge in [-0.3, -0.25) is 0 Å². The minimum absolute atomic E-state index is 0.00333. The van der Waals surface area contributed by atoms with Crippen molar-refractivity contribution in [1.29, 1.82) is 0 Å². The molecule has 0 radical (unpaired) electrons. The van der Waals surface area contributed by atoms with Crippen LogP contribution >= 0.6 is 11.5 Å². The molecule has 0 spiro atoms. The molecule has 0 aliphatic carbocycles. The number of rotatable bonds is 3. The van der Waals surface area contributed by atoms with Crippen LogP contribution in [0.2, 0.25) is 0 Å². The van der Waals surface area contributed by atoms with Gasteiger partial charge >= 0.3 is 0 Å². The quantitative estimate of drug-likeness (QED) is 0.923. The normalized spacial score (nSPS) is 13.6. The molecule has 4 heteroatoms. The molecule has 1 aromatic carbocycles. The monoisotopic (exact) mass is 261 g/mol. The molecule has 18 heavy (non-hydrogen) atoms. The second kappa shape index (κ2) is 5.16. The maximum Gasteiger partial charge on any atom is 0.0857 e. The van der Waals surface area contributed by atoms with Crippen molar-refractivity contribution >= 4 is 11.5 Å². The molecule has 2 rings (SSSR count). The van der Waals surface area contributed by atoms with E-state index in [4.69, 9.17) is 5.73 Å². The van der Waals surface area contributed by atoms with E-state index in [0.717, 1.165) is 17.0 Å². The molecule has 0 amide bonds. The molecular formula is C14H19N3S. The van der Waals surface area contributed by atoms with Gasteiger partial charge in [-0.25, -0.2) is 0 Å². The molecule has 3 nitrogen and oxygen atoms in total. The van der Waals surface area contributed by atoms with Gasteiger partial charge in [-0.05, 0) is 23.5 Å². The predicted molar refractivity (Wildman–Crippen MR) is 75.7 cm³/mol. The summed E-state index contributed by atoms with van der Waals surface area (Å²) in [7, 11) is 0. The van der Waals surface area contributed by atoms with Gasteiger partial charge in [-0.1, -0.05) is 55.6 Å². The van der Waals surface area contributed by atoms with Crippen molar-refractivity contribution in [1.82, 2.24) is 9.59 Å². The Hall–Kier alpha value is -1.26. The van der Waals surface area contributed by atoms with Crippen LogP contribution in [0, 0.1) is 0 Å². The maximum absolute atomic E-state index is 6.30. The predicted octanol–water partition coefficient (Wildman–Crippen LogP) is 3.08. The summed E-state index contributed by atoms with van der Waals surface area (Å²) in [6, 6.07) is 10.3. The molecule has 0 bridgehead atoms. The molecule has 0 saturated carbocycles. The fraction of sp³-hybridized carbons (Fsp3) is 0.429. The van der Waals surface area contributed by atoms with Crippen LogP contribution in [0.4, 0.5) is 0 Å². The van der Waals surface area contributed by atoms with Gasteiger partial charge in [0.25, 0.3) is 0 Å². The van der Waals surface area contributed by atoms with Gasteiger partial charge in [-0.15, -0.1) is 5.10 Å². The fourth-order valence-electron chi connectivity index (χ4n) is 1.92. The van der Waals surface area contributed by atoms with Crippen molar-refractivity contribution in [3.63, 3.8) is 0 Å². The van der Waals surface area contributed by atoms with Crippen molar-refractivity contribution in [2.24, 2.45) is 5.73 Å². The largest absolute Gasteiger partial charge is 0.323 e. The Balaban J connectivity index is 2.20. The minimum Gasteiger partial charge on any atom is -0.323 e. The molecule has 2 aromatic rings. The molecule has 0 aliphatic heterocycles. The molecular weight excluding hydrogens is 242 g/mol. The highest BCUT2D eigenvalue weighted by Crippen LogP contribution is 2.30. The Labute approximate surface area is 112 Å². The second-order valence-electron chi connectivity index (χ2n) is 5.53. The lowest BCUT2D eigenvalue weighted by molar-refractivity contribution is 0.550. The van der Waals surface area contributed by atoms with Crippen LogP contribution < -0.4 is 5.73 Å². The van der Waals surface area contributed by atoms with Crippen LogP contribution in [-0.2, 0) is 11.8 Å². The highest BCUT2D eigenvalue weighted by Gasteiger charge is 2.25. The van der Waals surface area contributed by atoms with Gasteiger partial charge in [-0.2, -0.15) is 0 Å². The highest BCUT2D eigenvalue weighted by molar-refractivity contribution is 7.05. The fourth-order valence-corrected chi connectivity index (χ4v) is 2.78. The third kappa shape index (κ3) is 2.94. The summed E-state index contributed by atoms with van der Waals surface area (Å²) in [5, 5.41) is 4.24. The Kier molecular flexibility index (Phi) is 3.78. The van der Waals surface area contributed by atoms with E-state index in [9.17, 15) is 0 Å². The third-order valence-corrected chi connectivity index (χ3v) is 3.72. The lowest BCUT2D eigenvalue weighted by Crippen LogP contribution is -2.20. The Morgan fingerprint density at radius 2 is 1.89 bits per heavy atom. The molecule has 1 unspecified atom stereocenters. The van der Waals surface area contributed by atoms with Gasteiger partial charge in [0, 0.05) is 11.5 Å². The van der Waals surface area contributed by atoms with Crippen LogP contribution in [0.1, 0.15) is 42.9 Å². The summed E-state index contributed by atoms with van der Waals surface area (Å²) in [5.74, 6) is 0. The van der Waals surface area contributed by atoms with Gasteiger partial charge in [0.05, 0.1) is 10.6 Å². The summed E-state index contributed by atoms with van der Waals surface area (Å²) in [4.78, 5) is 1.10. The van der Waals surface area contributed by atoms with E-state index in [1.807, 2.05) is 18.2 Å². The van der Waals surface area contributed by atoms with Crippen LogP contribution in [0.5, 0.6) is 0 Å². The molecule has 0 aliphatic rings. The molecule has 2 N–H and O–H groups in total. The number of hydrogen-bond donors (Lipinski definition) is 1. The number of nitrogens with two attached hydrogens (primary N) is 1. The summed E-state index contributed by atoms with van der Waals surface area (Å²) in [6.07, 6.45) is 0.827. The zero-order valence-corrected chi connectivity index (χ0v) is 11.9. The first-order valence-corrected chi connectivity index (χ1v) is 6.88. The zero-order valence-electron chi connectivity index (χ0n) is 11.1. The minimum atomic E-state index is -0.0263. The maximum atomic E-state index is 6.30. The third-order valence-electron chi connectivity index (χ3n) is 2.86. The Bertz CT molecular complexity index is 499. The SMILES string of the molecule is CC(C)(C)c1nnsc1C(N)Cc1ccccc1. The summed E-state index contributed by atoms with van der Waals surface area (Å²) in [5.41, 5.74) is 8.57. The summed E-state index contributed by atoms with van der Waals surface area (Å²) < 4.78 is 4.06. The van der Waals surface area contributed by atoms with E-state index in [1.54, 1.807) is 0 Å².